The van der Waals surface area contributed by atoms with Gasteiger partial charge in [-0.05, 0) is 29.9 Å². The lowest BCUT2D eigenvalue weighted by Gasteiger charge is -1.99. The monoisotopic (exact) mass is 232 g/mol. The lowest BCUT2D eigenvalue weighted by atomic mass is 10.1. The Morgan fingerprint density at radius 1 is 1.25 bits per heavy atom. The van der Waals surface area contributed by atoms with E-state index >= 15 is 0 Å². The van der Waals surface area contributed by atoms with E-state index in [2.05, 4.69) is 21.7 Å². The summed E-state index contributed by atoms with van der Waals surface area (Å²) in [6.07, 6.45) is 2.34. The zero-order chi connectivity index (χ0) is 11.2. The van der Waals surface area contributed by atoms with Gasteiger partial charge < -0.3 is 0 Å². The molecule has 0 saturated heterocycles. The molecule has 82 valence electrons. The van der Waals surface area contributed by atoms with Gasteiger partial charge in [0, 0.05) is 11.8 Å². The van der Waals surface area contributed by atoms with Gasteiger partial charge in [0.25, 0.3) is 0 Å². The van der Waals surface area contributed by atoms with Crippen molar-refractivity contribution in [1.82, 2.24) is 9.59 Å². The van der Waals surface area contributed by atoms with Gasteiger partial charge in [0.05, 0.1) is 0 Å². The van der Waals surface area contributed by atoms with E-state index in [-0.39, 0.29) is 5.78 Å². The zero-order valence-electron chi connectivity index (χ0n) is 8.80. The molecule has 0 amide bonds. The number of hydrogen-bond donors (Lipinski definition) is 0. The molecule has 0 aliphatic heterocycles. The van der Waals surface area contributed by atoms with Crippen LogP contribution in [0, 0.1) is 0 Å². The minimum atomic E-state index is 0.0877. The summed E-state index contributed by atoms with van der Waals surface area (Å²) in [5.74, 6) is 0.0877. The van der Waals surface area contributed by atoms with Crippen LogP contribution in [0.4, 0.5) is 0 Å². The maximum absolute atomic E-state index is 11.6. The van der Waals surface area contributed by atoms with Crippen molar-refractivity contribution in [2.45, 2.75) is 19.3 Å². The molecule has 3 nitrogen and oxygen atoms in total. The highest BCUT2D eigenvalue weighted by atomic mass is 32.1. The molecule has 0 bridgehead atoms. The third-order valence-corrected chi connectivity index (χ3v) is 2.86. The molecular formula is C12H12N2OS. The van der Waals surface area contributed by atoms with E-state index in [1.54, 1.807) is 5.38 Å². The average molecular weight is 232 g/mol. The number of rotatable bonds is 5. The van der Waals surface area contributed by atoms with E-state index in [0.29, 0.717) is 12.1 Å². The fourth-order valence-corrected chi connectivity index (χ4v) is 1.97. The predicted octanol–water partition coefficient (Wildman–Crippen LogP) is 2.74. The summed E-state index contributed by atoms with van der Waals surface area (Å²) in [4.78, 5) is 11.6. The lowest BCUT2D eigenvalue weighted by Crippen LogP contribution is -2.00. The van der Waals surface area contributed by atoms with Gasteiger partial charge in [-0.15, -0.1) is 5.10 Å². The van der Waals surface area contributed by atoms with Gasteiger partial charge in [0.2, 0.25) is 0 Å². The minimum Gasteiger partial charge on any atom is -0.292 e. The van der Waals surface area contributed by atoms with Crippen LogP contribution in [0.5, 0.6) is 0 Å². The van der Waals surface area contributed by atoms with Crippen molar-refractivity contribution in [2.24, 2.45) is 0 Å². The molecule has 0 aliphatic rings. The Morgan fingerprint density at radius 2 is 2.06 bits per heavy atom. The summed E-state index contributed by atoms with van der Waals surface area (Å²) < 4.78 is 3.68. The first-order valence-electron chi connectivity index (χ1n) is 5.20. The normalized spacial score (nSPS) is 10.2. The standard InChI is InChI=1S/C12H12N2OS/c15-12(11-9-16-14-13-11)8-4-7-10-5-2-1-3-6-10/h1-3,5-6,9H,4,7-8H2. The molecule has 0 aliphatic carbocycles. The second kappa shape index (κ2) is 5.51. The second-order valence-electron chi connectivity index (χ2n) is 3.55. The summed E-state index contributed by atoms with van der Waals surface area (Å²) in [6.45, 7) is 0. The molecule has 0 spiro atoms. The average Bonchev–Trinajstić information content (AvgIpc) is 2.84. The Morgan fingerprint density at radius 3 is 2.75 bits per heavy atom. The first-order valence-corrected chi connectivity index (χ1v) is 6.04. The summed E-state index contributed by atoms with van der Waals surface area (Å²) in [5, 5.41) is 5.46. The second-order valence-corrected chi connectivity index (χ2v) is 4.16. The topological polar surface area (TPSA) is 42.9 Å². The van der Waals surface area contributed by atoms with Crippen molar-refractivity contribution in [3.63, 3.8) is 0 Å². The molecule has 1 aromatic heterocycles. The van der Waals surface area contributed by atoms with Crippen LogP contribution in [0.15, 0.2) is 35.7 Å². The third-order valence-electron chi connectivity index (χ3n) is 2.36. The summed E-state index contributed by atoms with van der Waals surface area (Å²) in [7, 11) is 0. The quantitative estimate of drug-likeness (QED) is 0.744. The Hall–Kier alpha value is -1.55. The van der Waals surface area contributed by atoms with E-state index in [9.17, 15) is 4.79 Å². The van der Waals surface area contributed by atoms with Gasteiger partial charge >= 0.3 is 0 Å². The van der Waals surface area contributed by atoms with Crippen LogP contribution in [-0.2, 0) is 6.42 Å². The van der Waals surface area contributed by atoms with Crippen molar-refractivity contribution >= 4 is 17.3 Å². The summed E-state index contributed by atoms with van der Waals surface area (Å²) in [6, 6.07) is 10.2. The van der Waals surface area contributed by atoms with Gasteiger partial charge in [-0.3, -0.25) is 4.79 Å². The fourth-order valence-electron chi connectivity index (χ4n) is 1.51. The Balaban J connectivity index is 1.79. The lowest BCUT2D eigenvalue weighted by molar-refractivity contribution is 0.0975. The molecule has 0 saturated carbocycles. The number of Topliss-reactive ketones (excluding diaryl/α,β-unsaturated/α-hetero) is 1. The first-order chi connectivity index (χ1) is 7.86. The molecule has 4 heteroatoms. The number of aromatic nitrogens is 2. The van der Waals surface area contributed by atoms with Gasteiger partial charge in [0.15, 0.2) is 5.78 Å². The highest BCUT2D eigenvalue weighted by molar-refractivity contribution is 7.03. The van der Waals surface area contributed by atoms with E-state index in [4.69, 9.17) is 0 Å². The molecule has 16 heavy (non-hydrogen) atoms. The van der Waals surface area contributed by atoms with Gasteiger partial charge in [-0.2, -0.15) is 0 Å². The molecule has 0 atom stereocenters. The van der Waals surface area contributed by atoms with Crippen LogP contribution in [-0.4, -0.2) is 15.4 Å². The summed E-state index contributed by atoms with van der Waals surface area (Å²) >= 11 is 1.22. The largest absolute Gasteiger partial charge is 0.292 e. The van der Waals surface area contributed by atoms with Crippen LogP contribution in [0.1, 0.15) is 28.9 Å². The number of carbonyl (C=O) groups excluding carboxylic acids is 1. The Bertz CT molecular complexity index is 439. The number of hydrogen-bond acceptors (Lipinski definition) is 4. The number of aryl methyl sites for hydroxylation is 1. The maximum atomic E-state index is 11.6. The van der Waals surface area contributed by atoms with Crippen LogP contribution in [0.25, 0.3) is 0 Å². The number of nitrogens with zero attached hydrogens (tertiary/aromatic N) is 2. The van der Waals surface area contributed by atoms with Crippen LogP contribution in [0.3, 0.4) is 0 Å². The fraction of sp³-hybridized carbons (Fsp3) is 0.250. The first kappa shape index (κ1) is 11.0. The molecule has 0 radical (unpaired) electrons. The van der Waals surface area contributed by atoms with Crippen LogP contribution in [0.2, 0.25) is 0 Å². The van der Waals surface area contributed by atoms with E-state index in [0.717, 1.165) is 12.8 Å². The highest BCUT2D eigenvalue weighted by Gasteiger charge is 2.08. The van der Waals surface area contributed by atoms with E-state index in [1.807, 2.05) is 18.2 Å². The van der Waals surface area contributed by atoms with Gasteiger partial charge in [0.1, 0.15) is 5.69 Å². The Labute approximate surface area is 98.3 Å². The minimum absolute atomic E-state index is 0.0877. The molecule has 1 heterocycles. The van der Waals surface area contributed by atoms with Gasteiger partial charge in [-0.25, -0.2) is 0 Å². The molecule has 2 rings (SSSR count). The van der Waals surface area contributed by atoms with E-state index in [1.165, 1.54) is 17.1 Å². The van der Waals surface area contributed by atoms with Gasteiger partial charge in [-0.1, -0.05) is 34.8 Å². The molecular weight excluding hydrogens is 220 g/mol. The van der Waals surface area contributed by atoms with Crippen molar-refractivity contribution in [1.29, 1.82) is 0 Å². The third kappa shape index (κ3) is 2.97. The number of carbonyl (C=O) groups is 1. The molecule has 2 aromatic rings. The van der Waals surface area contributed by atoms with Crippen LogP contribution >= 0.6 is 11.5 Å². The molecule has 0 fully saturated rings. The van der Waals surface area contributed by atoms with Crippen molar-refractivity contribution < 1.29 is 4.79 Å². The van der Waals surface area contributed by atoms with Crippen molar-refractivity contribution in [3.8, 4) is 0 Å². The highest BCUT2D eigenvalue weighted by Crippen LogP contribution is 2.08. The van der Waals surface area contributed by atoms with E-state index < -0.39 is 0 Å². The zero-order valence-corrected chi connectivity index (χ0v) is 9.61. The van der Waals surface area contributed by atoms with Crippen molar-refractivity contribution in [3.05, 3.63) is 47.0 Å². The smallest absolute Gasteiger partial charge is 0.184 e. The van der Waals surface area contributed by atoms with Crippen molar-refractivity contribution in [2.75, 3.05) is 0 Å². The Kier molecular flexibility index (Phi) is 3.77. The molecule has 0 unspecified atom stereocenters. The number of ketones is 1. The predicted molar refractivity (Wildman–Crippen MR) is 63.6 cm³/mol. The SMILES string of the molecule is O=C(CCCc1ccccc1)c1csnn1. The molecule has 1 aromatic carbocycles. The molecule has 0 N–H and O–H groups in total. The summed E-state index contributed by atoms with van der Waals surface area (Å²) in [5.41, 5.74) is 1.77. The number of benzene rings is 1. The van der Waals surface area contributed by atoms with Crippen LogP contribution < -0.4 is 0 Å². The maximum Gasteiger partial charge on any atom is 0.184 e.